The fourth-order valence-corrected chi connectivity index (χ4v) is 2.63. The van der Waals surface area contributed by atoms with Gasteiger partial charge in [0, 0.05) is 18.3 Å². The molecule has 0 unspecified atom stereocenters. The van der Waals surface area contributed by atoms with E-state index in [4.69, 9.17) is 18.9 Å². The quantitative estimate of drug-likeness (QED) is 0.305. The van der Waals surface area contributed by atoms with E-state index in [0.717, 1.165) is 12.8 Å². The zero-order chi connectivity index (χ0) is 18.6. The predicted molar refractivity (Wildman–Crippen MR) is 95.3 cm³/mol. The zero-order valence-corrected chi connectivity index (χ0v) is 16.3. The van der Waals surface area contributed by atoms with Gasteiger partial charge in [0.1, 0.15) is 5.57 Å². The number of hydrogen-bond acceptors (Lipinski definition) is 6. The summed E-state index contributed by atoms with van der Waals surface area (Å²) in [7, 11) is 1.53. The van der Waals surface area contributed by atoms with Crippen molar-refractivity contribution in [2.45, 2.75) is 39.4 Å². The molecular formula is C18H21BrO6. The molecule has 1 aromatic carbocycles. The van der Waals surface area contributed by atoms with Crippen molar-refractivity contribution < 1.29 is 28.5 Å². The van der Waals surface area contributed by atoms with Crippen molar-refractivity contribution in [1.29, 1.82) is 0 Å². The Labute approximate surface area is 155 Å². The number of halogens is 1. The molecular weight excluding hydrogens is 392 g/mol. The zero-order valence-electron chi connectivity index (χ0n) is 14.7. The Morgan fingerprint density at radius 2 is 1.80 bits per heavy atom. The van der Waals surface area contributed by atoms with Crippen LogP contribution in [0.3, 0.4) is 0 Å². The summed E-state index contributed by atoms with van der Waals surface area (Å²) in [6.07, 6.45) is 3.36. The number of carbonyl (C=O) groups is 2. The van der Waals surface area contributed by atoms with Crippen LogP contribution >= 0.6 is 15.9 Å². The molecule has 2 rings (SSSR count). The van der Waals surface area contributed by atoms with E-state index in [2.05, 4.69) is 22.9 Å². The van der Waals surface area contributed by atoms with Crippen molar-refractivity contribution >= 4 is 33.9 Å². The first-order chi connectivity index (χ1) is 11.8. The molecule has 0 radical (unpaired) electrons. The highest BCUT2D eigenvalue weighted by atomic mass is 79.9. The first-order valence-corrected chi connectivity index (χ1v) is 8.75. The van der Waals surface area contributed by atoms with Crippen LogP contribution in [0.4, 0.5) is 0 Å². The van der Waals surface area contributed by atoms with E-state index in [0.29, 0.717) is 28.1 Å². The molecule has 136 valence electrons. The van der Waals surface area contributed by atoms with Gasteiger partial charge in [-0.3, -0.25) is 0 Å². The van der Waals surface area contributed by atoms with Crippen LogP contribution in [0.25, 0.3) is 6.08 Å². The van der Waals surface area contributed by atoms with Gasteiger partial charge in [-0.25, -0.2) is 9.59 Å². The van der Waals surface area contributed by atoms with Crippen molar-refractivity contribution in [3.63, 3.8) is 0 Å². The van der Waals surface area contributed by atoms with E-state index in [1.54, 1.807) is 12.1 Å². The molecule has 0 aromatic heterocycles. The second-order valence-electron chi connectivity index (χ2n) is 5.96. The molecule has 25 heavy (non-hydrogen) atoms. The van der Waals surface area contributed by atoms with E-state index in [1.807, 2.05) is 0 Å². The van der Waals surface area contributed by atoms with Crippen LogP contribution in [-0.2, 0) is 19.1 Å². The van der Waals surface area contributed by atoms with E-state index in [9.17, 15) is 9.59 Å². The molecule has 1 aliphatic rings. The van der Waals surface area contributed by atoms with Gasteiger partial charge < -0.3 is 18.9 Å². The average molecular weight is 413 g/mol. The lowest BCUT2D eigenvalue weighted by molar-refractivity contribution is -0.222. The normalized spacial score (nSPS) is 16.1. The standard InChI is InChI=1S/C18H21BrO6/c1-5-6-7-23-15-10-13(19)11(9-14(15)22-4)8-12-16(20)24-18(2,3)25-17(12)21/h8-10H,5-7H2,1-4H3. The van der Waals surface area contributed by atoms with Gasteiger partial charge in [0.25, 0.3) is 5.79 Å². The summed E-state index contributed by atoms with van der Waals surface area (Å²) in [5, 5.41) is 0. The third kappa shape index (κ3) is 4.75. The highest BCUT2D eigenvalue weighted by Gasteiger charge is 2.39. The molecule has 1 aromatic rings. The second-order valence-corrected chi connectivity index (χ2v) is 6.82. The van der Waals surface area contributed by atoms with Gasteiger partial charge in [-0.15, -0.1) is 0 Å². The Bertz CT molecular complexity index is 686. The Hall–Kier alpha value is -2.02. The van der Waals surface area contributed by atoms with E-state index in [-0.39, 0.29) is 5.57 Å². The van der Waals surface area contributed by atoms with Gasteiger partial charge in [-0.05, 0) is 30.2 Å². The molecule has 0 atom stereocenters. The van der Waals surface area contributed by atoms with Gasteiger partial charge in [-0.1, -0.05) is 29.3 Å². The number of esters is 2. The molecule has 0 spiro atoms. The lowest BCUT2D eigenvalue weighted by atomic mass is 10.1. The van der Waals surface area contributed by atoms with Crippen LogP contribution in [0.15, 0.2) is 22.2 Å². The molecule has 6 nitrogen and oxygen atoms in total. The minimum atomic E-state index is -1.27. The Kier molecular flexibility index (Phi) is 6.11. The van der Waals surface area contributed by atoms with Crippen LogP contribution in [-0.4, -0.2) is 31.4 Å². The highest BCUT2D eigenvalue weighted by molar-refractivity contribution is 9.10. The number of rotatable bonds is 6. The Morgan fingerprint density at radius 1 is 1.16 bits per heavy atom. The van der Waals surface area contributed by atoms with Gasteiger partial charge in [0.15, 0.2) is 11.5 Å². The predicted octanol–water partition coefficient (Wildman–Crippen LogP) is 3.86. The van der Waals surface area contributed by atoms with Crippen LogP contribution in [0.1, 0.15) is 39.2 Å². The fraction of sp³-hybridized carbons (Fsp3) is 0.444. The molecule has 0 bridgehead atoms. The molecule has 7 heteroatoms. The number of methoxy groups -OCH3 is 1. The molecule has 0 aliphatic carbocycles. The summed E-state index contributed by atoms with van der Waals surface area (Å²) in [6, 6.07) is 3.42. The minimum Gasteiger partial charge on any atom is -0.493 e. The number of hydrogen-bond donors (Lipinski definition) is 0. The monoisotopic (exact) mass is 412 g/mol. The Balaban J connectivity index is 2.33. The Morgan fingerprint density at radius 3 is 2.36 bits per heavy atom. The minimum absolute atomic E-state index is 0.179. The van der Waals surface area contributed by atoms with Crippen molar-refractivity contribution in [1.82, 2.24) is 0 Å². The lowest BCUT2D eigenvalue weighted by Crippen LogP contribution is -2.41. The molecule has 1 fully saturated rings. The van der Waals surface area contributed by atoms with Gasteiger partial charge >= 0.3 is 11.9 Å². The van der Waals surface area contributed by atoms with Crippen LogP contribution in [0.2, 0.25) is 0 Å². The number of cyclic esters (lactones) is 2. The summed E-state index contributed by atoms with van der Waals surface area (Å²) in [5.41, 5.74) is 0.394. The van der Waals surface area contributed by atoms with Crippen LogP contribution < -0.4 is 9.47 Å². The maximum atomic E-state index is 12.1. The first-order valence-electron chi connectivity index (χ1n) is 7.96. The van der Waals surface area contributed by atoms with Crippen molar-refractivity contribution in [3.8, 4) is 11.5 Å². The summed E-state index contributed by atoms with van der Waals surface area (Å²) in [5.74, 6) is -1.63. The third-order valence-electron chi connectivity index (χ3n) is 3.46. The number of ether oxygens (including phenoxy) is 4. The van der Waals surface area contributed by atoms with E-state index < -0.39 is 17.7 Å². The molecule has 1 aliphatic heterocycles. The maximum absolute atomic E-state index is 12.1. The topological polar surface area (TPSA) is 71.1 Å². The molecule has 0 N–H and O–H groups in total. The molecule has 1 heterocycles. The summed E-state index contributed by atoms with van der Waals surface area (Å²) >= 11 is 3.42. The fourth-order valence-electron chi connectivity index (χ4n) is 2.19. The van der Waals surface area contributed by atoms with Gasteiger partial charge in [0.2, 0.25) is 0 Å². The molecule has 0 saturated carbocycles. The number of benzene rings is 1. The van der Waals surface area contributed by atoms with Crippen molar-refractivity contribution in [2.75, 3.05) is 13.7 Å². The first kappa shape index (κ1) is 19.3. The van der Waals surface area contributed by atoms with Crippen molar-refractivity contribution in [3.05, 3.63) is 27.7 Å². The largest absolute Gasteiger partial charge is 0.493 e. The number of unbranched alkanes of at least 4 members (excludes halogenated alkanes) is 1. The summed E-state index contributed by atoms with van der Waals surface area (Å²) < 4.78 is 21.9. The molecule has 0 amide bonds. The van der Waals surface area contributed by atoms with Gasteiger partial charge in [-0.2, -0.15) is 0 Å². The third-order valence-corrected chi connectivity index (χ3v) is 4.14. The van der Waals surface area contributed by atoms with Crippen molar-refractivity contribution in [2.24, 2.45) is 0 Å². The highest BCUT2D eigenvalue weighted by Crippen LogP contribution is 2.35. The second kappa shape index (κ2) is 7.91. The van der Waals surface area contributed by atoms with Crippen LogP contribution in [0.5, 0.6) is 11.5 Å². The SMILES string of the molecule is CCCCOc1cc(Br)c(C=C2C(=O)OC(C)(C)OC2=O)cc1OC. The average Bonchev–Trinajstić information content (AvgIpc) is 2.51. The maximum Gasteiger partial charge on any atom is 0.348 e. The van der Waals surface area contributed by atoms with Gasteiger partial charge in [0.05, 0.1) is 13.7 Å². The lowest BCUT2D eigenvalue weighted by Gasteiger charge is -2.29. The van der Waals surface area contributed by atoms with E-state index in [1.165, 1.54) is 27.0 Å². The van der Waals surface area contributed by atoms with E-state index >= 15 is 0 Å². The molecule has 1 saturated heterocycles. The number of carbonyl (C=O) groups excluding carboxylic acids is 2. The summed E-state index contributed by atoms with van der Waals surface area (Å²) in [6.45, 7) is 5.66. The smallest absolute Gasteiger partial charge is 0.348 e. The van der Waals surface area contributed by atoms with Crippen LogP contribution in [0, 0.1) is 0 Å². The summed E-state index contributed by atoms with van der Waals surface area (Å²) in [4.78, 5) is 24.1.